The lowest BCUT2D eigenvalue weighted by atomic mass is 10.1. The van der Waals surface area contributed by atoms with Gasteiger partial charge in [-0.25, -0.2) is 8.42 Å². The number of rotatable bonds is 4. The van der Waals surface area contributed by atoms with Gasteiger partial charge in [0.15, 0.2) is 0 Å². The van der Waals surface area contributed by atoms with Gasteiger partial charge in [-0.3, -0.25) is 15.1 Å². The molecule has 9 nitrogen and oxygen atoms in total. The lowest BCUT2D eigenvalue weighted by Crippen LogP contribution is -2.48. The number of pyridine rings is 1. The molecule has 1 fully saturated rings. The number of anilines is 1. The predicted molar refractivity (Wildman–Crippen MR) is 115 cm³/mol. The van der Waals surface area contributed by atoms with Crippen LogP contribution in [0, 0.1) is 28.4 Å². The molecule has 158 valence electrons. The largest absolute Gasteiger partial charge is 0.363 e. The first kappa shape index (κ1) is 20.7. The van der Waals surface area contributed by atoms with E-state index in [9.17, 15) is 18.5 Å². The standard InChI is InChI=1S/C21H19N5O4S/c1-15-11-17-3-2-4-20(21(17)23-14-15)31(29,30)25-9-7-24(8-10-25)18-6-5-16(13-22)12-19(18)26(27)28/h2-6,11-12,14H,7-10H2,1H3. The predicted octanol–water partition coefficient (Wildman–Crippen LogP) is 2.83. The Balaban J connectivity index is 1.60. The lowest BCUT2D eigenvalue weighted by molar-refractivity contribution is -0.384. The third-order valence-electron chi connectivity index (χ3n) is 5.31. The van der Waals surface area contributed by atoms with E-state index in [1.54, 1.807) is 23.2 Å². The Hall–Kier alpha value is -3.55. The summed E-state index contributed by atoms with van der Waals surface area (Å²) in [6.07, 6.45) is 1.64. The minimum absolute atomic E-state index is 0.155. The molecular formula is C21H19N5O4S. The monoisotopic (exact) mass is 437 g/mol. The summed E-state index contributed by atoms with van der Waals surface area (Å²) in [5.74, 6) is 0. The highest BCUT2D eigenvalue weighted by Crippen LogP contribution is 2.31. The number of hydrogen-bond donors (Lipinski definition) is 0. The maximum atomic E-state index is 13.3. The fraction of sp³-hybridized carbons (Fsp3) is 0.238. The van der Waals surface area contributed by atoms with Gasteiger partial charge in [-0.2, -0.15) is 9.57 Å². The van der Waals surface area contributed by atoms with Gasteiger partial charge in [0.2, 0.25) is 10.0 Å². The molecule has 2 aromatic carbocycles. The van der Waals surface area contributed by atoms with Crippen LogP contribution in [0.1, 0.15) is 11.1 Å². The summed E-state index contributed by atoms with van der Waals surface area (Å²) in [6.45, 7) is 2.85. The molecule has 0 radical (unpaired) electrons. The van der Waals surface area contributed by atoms with E-state index >= 15 is 0 Å². The summed E-state index contributed by atoms with van der Waals surface area (Å²) in [6, 6.07) is 13.2. The van der Waals surface area contributed by atoms with Gasteiger partial charge in [0.1, 0.15) is 10.6 Å². The molecule has 0 saturated carbocycles. The molecule has 0 aliphatic carbocycles. The van der Waals surface area contributed by atoms with Gasteiger partial charge in [-0.05, 0) is 36.8 Å². The van der Waals surface area contributed by atoms with E-state index in [-0.39, 0.29) is 29.2 Å². The van der Waals surface area contributed by atoms with E-state index in [1.807, 2.05) is 25.1 Å². The van der Waals surface area contributed by atoms with Crippen molar-refractivity contribution < 1.29 is 13.3 Å². The topological polar surface area (TPSA) is 120 Å². The van der Waals surface area contributed by atoms with Crippen LogP contribution in [0.3, 0.4) is 0 Å². The highest BCUT2D eigenvalue weighted by molar-refractivity contribution is 7.89. The van der Waals surface area contributed by atoms with Gasteiger partial charge in [0.05, 0.1) is 22.1 Å². The number of nitro benzene ring substituents is 1. The number of aryl methyl sites for hydroxylation is 1. The van der Waals surface area contributed by atoms with Crippen molar-refractivity contribution in [2.24, 2.45) is 0 Å². The van der Waals surface area contributed by atoms with Crippen molar-refractivity contribution in [3.8, 4) is 6.07 Å². The van der Waals surface area contributed by atoms with Crippen molar-refractivity contribution in [3.63, 3.8) is 0 Å². The minimum Gasteiger partial charge on any atom is -0.363 e. The molecule has 10 heteroatoms. The van der Waals surface area contributed by atoms with Gasteiger partial charge >= 0.3 is 0 Å². The highest BCUT2D eigenvalue weighted by Gasteiger charge is 2.32. The third-order valence-corrected chi connectivity index (χ3v) is 7.24. The summed E-state index contributed by atoms with van der Waals surface area (Å²) >= 11 is 0. The number of nitro groups is 1. The van der Waals surface area contributed by atoms with Crippen LogP contribution in [-0.4, -0.2) is 48.8 Å². The van der Waals surface area contributed by atoms with Gasteiger partial charge in [-0.15, -0.1) is 0 Å². The first-order valence-electron chi connectivity index (χ1n) is 9.60. The number of hydrogen-bond acceptors (Lipinski definition) is 7. The van der Waals surface area contributed by atoms with Crippen LogP contribution in [-0.2, 0) is 10.0 Å². The van der Waals surface area contributed by atoms with Crippen molar-refractivity contribution in [1.29, 1.82) is 5.26 Å². The summed E-state index contributed by atoms with van der Waals surface area (Å²) in [4.78, 5) is 17.2. The zero-order chi connectivity index (χ0) is 22.2. The molecule has 0 unspecified atom stereocenters. The first-order valence-corrected chi connectivity index (χ1v) is 11.0. The lowest BCUT2D eigenvalue weighted by Gasteiger charge is -2.35. The van der Waals surface area contributed by atoms with Gasteiger partial charge in [-0.1, -0.05) is 12.1 Å². The van der Waals surface area contributed by atoms with E-state index in [2.05, 4.69) is 4.98 Å². The summed E-state index contributed by atoms with van der Waals surface area (Å²) in [7, 11) is -3.78. The number of fused-ring (bicyclic) bond motifs is 1. The number of nitriles is 1. The molecule has 1 aliphatic rings. The summed E-state index contributed by atoms with van der Waals surface area (Å²) in [5, 5.41) is 21.2. The molecule has 31 heavy (non-hydrogen) atoms. The number of piperazine rings is 1. The molecule has 1 aromatic heterocycles. The molecule has 0 N–H and O–H groups in total. The van der Waals surface area contributed by atoms with Crippen molar-refractivity contribution in [1.82, 2.24) is 9.29 Å². The van der Waals surface area contributed by atoms with E-state index in [0.717, 1.165) is 10.9 Å². The number of aromatic nitrogens is 1. The average Bonchev–Trinajstić information content (AvgIpc) is 2.78. The molecule has 0 amide bonds. The van der Waals surface area contributed by atoms with Gasteiger partial charge in [0, 0.05) is 43.8 Å². The van der Waals surface area contributed by atoms with Crippen LogP contribution < -0.4 is 4.90 Å². The van der Waals surface area contributed by atoms with Gasteiger partial charge in [0.25, 0.3) is 5.69 Å². The Kier molecular flexibility index (Phi) is 5.31. The van der Waals surface area contributed by atoms with Crippen molar-refractivity contribution in [2.45, 2.75) is 11.8 Å². The zero-order valence-electron chi connectivity index (χ0n) is 16.7. The van der Waals surface area contributed by atoms with E-state index in [4.69, 9.17) is 5.26 Å². The van der Waals surface area contributed by atoms with Crippen molar-refractivity contribution in [2.75, 3.05) is 31.1 Å². The third kappa shape index (κ3) is 3.81. The first-order chi connectivity index (χ1) is 14.8. The van der Waals surface area contributed by atoms with Crippen LogP contribution in [0.25, 0.3) is 10.9 Å². The quantitative estimate of drug-likeness (QED) is 0.454. The number of nitrogens with zero attached hydrogens (tertiary/aromatic N) is 5. The van der Waals surface area contributed by atoms with Crippen LogP contribution >= 0.6 is 0 Å². The Morgan fingerprint density at radius 2 is 1.87 bits per heavy atom. The smallest absolute Gasteiger partial charge is 0.293 e. The summed E-state index contributed by atoms with van der Waals surface area (Å²) < 4.78 is 28.0. The molecule has 0 bridgehead atoms. The Labute approximate surface area is 179 Å². The van der Waals surface area contributed by atoms with Gasteiger partial charge < -0.3 is 4.90 Å². The molecule has 1 aliphatic heterocycles. The van der Waals surface area contributed by atoms with Crippen molar-refractivity contribution >= 4 is 32.3 Å². The van der Waals surface area contributed by atoms with Crippen molar-refractivity contribution in [3.05, 3.63) is 69.9 Å². The Morgan fingerprint density at radius 3 is 2.55 bits per heavy atom. The Morgan fingerprint density at radius 1 is 1.13 bits per heavy atom. The second-order valence-corrected chi connectivity index (χ2v) is 9.21. The fourth-order valence-electron chi connectivity index (χ4n) is 3.77. The maximum absolute atomic E-state index is 13.3. The molecule has 2 heterocycles. The Bertz CT molecular complexity index is 1330. The maximum Gasteiger partial charge on any atom is 0.293 e. The molecule has 0 spiro atoms. The fourth-order valence-corrected chi connectivity index (χ4v) is 5.35. The SMILES string of the molecule is Cc1cnc2c(S(=O)(=O)N3CCN(c4ccc(C#N)cc4[N+](=O)[O-])CC3)cccc2c1. The normalized spacial score (nSPS) is 15.0. The second-order valence-electron chi connectivity index (χ2n) is 7.30. The second kappa shape index (κ2) is 7.94. The van der Waals surface area contributed by atoms with E-state index in [1.165, 1.54) is 22.5 Å². The van der Waals surface area contributed by atoms with Crippen LogP contribution in [0.4, 0.5) is 11.4 Å². The average molecular weight is 437 g/mol. The van der Waals surface area contributed by atoms with E-state index < -0.39 is 14.9 Å². The molecule has 3 aromatic rings. The van der Waals surface area contributed by atoms with Crippen LogP contribution in [0.15, 0.2) is 53.6 Å². The minimum atomic E-state index is -3.78. The summed E-state index contributed by atoms with van der Waals surface area (Å²) in [5.41, 5.74) is 1.79. The molecule has 4 rings (SSSR count). The number of sulfonamides is 1. The van der Waals surface area contributed by atoms with Crippen LogP contribution in [0.5, 0.6) is 0 Å². The number of para-hydroxylation sites is 1. The molecular weight excluding hydrogens is 418 g/mol. The number of benzene rings is 2. The van der Waals surface area contributed by atoms with E-state index in [0.29, 0.717) is 24.3 Å². The highest BCUT2D eigenvalue weighted by atomic mass is 32.2. The van der Waals surface area contributed by atoms with Crippen LogP contribution in [0.2, 0.25) is 0 Å². The molecule has 1 saturated heterocycles. The molecule has 0 atom stereocenters. The zero-order valence-corrected chi connectivity index (χ0v) is 17.5.